The second-order valence-corrected chi connectivity index (χ2v) is 5.65. The van der Waals surface area contributed by atoms with Crippen molar-refractivity contribution in [3.05, 3.63) is 53.1 Å². The molecule has 2 rings (SSSR count). The first-order valence-electron chi connectivity index (χ1n) is 8.38. The minimum Gasteiger partial charge on any atom is -0.493 e. The zero-order valence-electron chi connectivity index (χ0n) is 16.4. The molecule has 0 unspecified atom stereocenters. The van der Waals surface area contributed by atoms with Gasteiger partial charge in [0.05, 0.1) is 34.0 Å². The van der Waals surface area contributed by atoms with Crippen LogP contribution in [0.25, 0.3) is 6.08 Å². The maximum Gasteiger partial charge on any atom is 0.337 e. The Morgan fingerprint density at radius 2 is 1.55 bits per heavy atom. The number of amides is 1. The number of nitrogens with zero attached hydrogens (tertiary/aromatic N) is 1. The number of anilines is 1. The van der Waals surface area contributed by atoms with Gasteiger partial charge in [-0.3, -0.25) is 4.79 Å². The molecule has 2 aromatic carbocycles. The lowest BCUT2D eigenvalue weighted by Gasteiger charge is -2.13. The van der Waals surface area contributed by atoms with Gasteiger partial charge in [-0.1, -0.05) is 0 Å². The largest absolute Gasteiger partial charge is 0.493 e. The number of rotatable bonds is 7. The lowest BCUT2D eigenvalue weighted by molar-refractivity contribution is -0.112. The molecule has 0 aromatic heterocycles. The number of methoxy groups -OCH3 is 4. The van der Waals surface area contributed by atoms with E-state index in [4.69, 9.17) is 14.2 Å². The minimum atomic E-state index is -0.605. The molecule has 0 aliphatic rings. The molecule has 29 heavy (non-hydrogen) atoms. The summed E-state index contributed by atoms with van der Waals surface area (Å²) in [5.41, 5.74) is 1.16. The number of carbonyl (C=O) groups excluding carboxylic acids is 2. The van der Waals surface area contributed by atoms with Crippen LogP contribution in [0, 0.1) is 11.3 Å². The highest BCUT2D eigenvalue weighted by Crippen LogP contribution is 2.38. The van der Waals surface area contributed by atoms with Crippen molar-refractivity contribution in [2.75, 3.05) is 33.8 Å². The molecule has 1 amide bonds. The van der Waals surface area contributed by atoms with Crippen LogP contribution in [0.1, 0.15) is 15.9 Å². The Hall–Kier alpha value is -3.99. The van der Waals surface area contributed by atoms with Gasteiger partial charge in [-0.15, -0.1) is 0 Å². The Morgan fingerprint density at radius 3 is 2.00 bits per heavy atom. The van der Waals surface area contributed by atoms with E-state index in [2.05, 4.69) is 10.1 Å². The minimum absolute atomic E-state index is 0.128. The first-order valence-corrected chi connectivity index (χ1v) is 8.38. The van der Waals surface area contributed by atoms with Gasteiger partial charge in [-0.2, -0.15) is 5.26 Å². The average molecular weight is 396 g/mol. The zero-order chi connectivity index (χ0) is 21.4. The fraction of sp³-hybridized carbons (Fsp3) is 0.190. The molecule has 0 atom stereocenters. The van der Waals surface area contributed by atoms with E-state index in [1.807, 2.05) is 6.07 Å². The molecule has 0 heterocycles. The number of ether oxygens (including phenoxy) is 4. The summed E-state index contributed by atoms with van der Waals surface area (Å²) in [5.74, 6) is 0.110. The van der Waals surface area contributed by atoms with E-state index < -0.39 is 11.9 Å². The summed E-state index contributed by atoms with van der Waals surface area (Å²) in [4.78, 5) is 23.9. The third-order valence-electron chi connectivity index (χ3n) is 3.93. The standard InChI is InChI=1S/C21H20N2O6/c1-26-17-10-13(11-18(27-2)19(17)28-3)9-15(12-22)20(24)23-16-7-5-14(6-8-16)21(25)29-4/h5-11H,1-4H3,(H,23,24)/b15-9+. The van der Waals surface area contributed by atoms with Crippen LogP contribution >= 0.6 is 0 Å². The Kier molecular flexibility index (Phi) is 7.20. The first-order chi connectivity index (χ1) is 14.0. The van der Waals surface area contributed by atoms with Crippen molar-refractivity contribution in [3.63, 3.8) is 0 Å². The van der Waals surface area contributed by atoms with Gasteiger partial charge in [0, 0.05) is 5.69 Å². The van der Waals surface area contributed by atoms with Crippen LogP contribution in [0.15, 0.2) is 42.0 Å². The molecule has 0 radical (unpaired) electrons. The molecular formula is C21H20N2O6. The van der Waals surface area contributed by atoms with Crippen molar-refractivity contribution in [2.24, 2.45) is 0 Å². The first kappa shape index (κ1) is 21.3. The smallest absolute Gasteiger partial charge is 0.337 e. The van der Waals surface area contributed by atoms with Crippen molar-refractivity contribution in [1.29, 1.82) is 5.26 Å². The van der Waals surface area contributed by atoms with Gasteiger partial charge in [-0.05, 0) is 48.0 Å². The van der Waals surface area contributed by atoms with Gasteiger partial charge in [0.25, 0.3) is 5.91 Å². The topological polar surface area (TPSA) is 107 Å². The summed E-state index contributed by atoms with van der Waals surface area (Å²) in [6.45, 7) is 0. The lowest BCUT2D eigenvalue weighted by atomic mass is 10.1. The molecule has 8 heteroatoms. The van der Waals surface area contributed by atoms with E-state index in [1.54, 1.807) is 24.3 Å². The Labute approximate surface area is 168 Å². The molecule has 8 nitrogen and oxygen atoms in total. The number of hydrogen-bond donors (Lipinski definition) is 1. The van der Waals surface area contributed by atoms with Crippen molar-refractivity contribution in [3.8, 4) is 23.3 Å². The summed E-state index contributed by atoms with van der Waals surface area (Å²) in [6.07, 6.45) is 1.41. The normalized spacial score (nSPS) is 10.5. The summed E-state index contributed by atoms with van der Waals surface area (Å²) < 4.78 is 20.4. The van der Waals surface area contributed by atoms with E-state index in [1.165, 1.54) is 46.6 Å². The van der Waals surface area contributed by atoms with Gasteiger partial charge in [-0.25, -0.2) is 4.79 Å². The molecule has 1 N–H and O–H groups in total. The number of hydrogen-bond acceptors (Lipinski definition) is 7. The molecule has 150 valence electrons. The van der Waals surface area contributed by atoms with Gasteiger partial charge >= 0.3 is 5.97 Å². The second-order valence-electron chi connectivity index (χ2n) is 5.65. The summed E-state index contributed by atoms with van der Waals surface area (Å²) >= 11 is 0. The van der Waals surface area contributed by atoms with Crippen LogP contribution in [-0.2, 0) is 9.53 Å². The van der Waals surface area contributed by atoms with Gasteiger partial charge in [0.15, 0.2) is 11.5 Å². The molecule has 0 fully saturated rings. The number of nitrogens with one attached hydrogen (secondary N) is 1. The molecule has 0 aliphatic carbocycles. The van der Waals surface area contributed by atoms with Crippen LogP contribution in [0.2, 0.25) is 0 Å². The monoisotopic (exact) mass is 396 g/mol. The summed E-state index contributed by atoms with van der Waals surface area (Å²) in [7, 11) is 5.71. The molecule has 0 aliphatic heterocycles. The lowest BCUT2D eigenvalue weighted by Crippen LogP contribution is -2.13. The molecule has 0 bridgehead atoms. The number of esters is 1. The summed E-state index contributed by atoms with van der Waals surface area (Å²) in [5, 5.41) is 12.0. The van der Waals surface area contributed by atoms with Crippen molar-refractivity contribution in [2.45, 2.75) is 0 Å². The second kappa shape index (κ2) is 9.80. The van der Waals surface area contributed by atoms with Crippen LogP contribution in [-0.4, -0.2) is 40.3 Å². The summed E-state index contributed by atoms with van der Waals surface area (Å²) in [6, 6.07) is 11.2. The predicted molar refractivity (Wildman–Crippen MR) is 106 cm³/mol. The highest BCUT2D eigenvalue weighted by atomic mass is 16.5. The Morgan fingerprint density at radius 1 is 0.966 bits per heavy atom. The van der Waals surface area contributed by atoms with Gasteiger partial charge in [0.2, 0.25) is 5.75 Å². The van der Waals surface area contributed by atoms with E-state index >= 15 is 0 Å². The number of nitriles is 1. The van der Waals surface area contributed by atoms with Gasteiger partial charge < -0.3 is 24.3 Å². The molecule has 0 saturated heterocycles. The molecule has 2 aromatic rings. The predicted octanol–water partition coefficient (Wildman–Crippen LogP) is 3.04. The quantitative estimate of drug-likeness (QED) is 0.435. The van der Waals surface area contributed by atoms with Crippen molar-refractivity contribution >= 4 is 23.6 Å². The Balaban J connectivity index is 2.28. The van der Waals surface area contributed by atoms with Gasteiger partial charge in [0.1, 0.15) is 11.6 Å². The number of carbonyl (C=O) groups is 2. The van der Waals surface area contributed by atoms with Crippen molar-refractivity contribution in [1.82, 2.24) is 0 Å². The van der Waals surface area contributed by atoms with E-state index in [9.17, 15) is 14.9 Å². The van der Waals surface area contributed by atoms with Crippen LogP contribution in [0.3, 0.4) is 0 Å². The third-order valence-corrected chi connectivity index (χ3v) is 3.93. The SMILES string of the molecule is COC(=O)c1ccc(NC(=O)/C(C#N)=C/c2cc(OC)c(OC)c(OC)c2)cc1. The Bertz CT molecular complexity index is 949. The number of benzene rings is 2. The fourth-order valence-corrected chi connectivity index (χ4v) is 2.51. The van der Waals surface area contributed by atoms with Crippen LogP contribution in [0.5, 0.6) is 17.2 Å². The highest BCUT2D eigenvalue weighted by Gasteiger charge is 2.15. The van der Waals surface area contributed by atoms with E-state index in [-0.39, 0.29) is 5.57 Å². The third kappa shape index (κ3) is 5.05. The average Bonchev–Trinajstić information content (AvgIpc) is 2.76. The fourth-order valence-electron chi connectivity index (χ4n) is 2.51. The van der Waals surface area contributed by atoms with E-state index in [0.29, 0.717) is 34.1 Å². The highest BCUT2D eigenvalue weighted by molar-refractivity contribution is 6.09. The van der Waals surface area contributed by atoms with Crippen LogP contribution < -0.4 is 19.5 Å². The molecule has 0 spiro atoms. The van der Waals surface area contributed by atoms with Crippen LogP contribution in [0.4, 0.5) is 5.69 Å². The zero-order valence-corrected chi connectivity index (χ0v) is 16.4. The van der Waals surface area contributed by atoms with Crippen molar-refractivity contribution < 1.29 is 28.5 Å². The maximum absolute atomic E-state index is 12.5. The molecule has 0 saturated carbocycles. The van der Waals surface area contributed by atoms with E-state index in [0.717, 1.165) is 0 Å². The molecular weight excluding hydrogens is 376 g/mol. The maximum atomic E-state index is 12.5.